The van der Waals surface area contributed by atoms with Crippen LogP contribution in [0.25, 0.3) is 0 Å². The van der Waals surface area contributed by atoms with Gasteiger partial charge in [-0.1, -0.05) is 12.1 Å². The van der Waals surface area contributed by atoms with E-state index in [0.29, 0.717) is 11.3 Å². The second-order valence-electron chi connectivity index (χ2n) is 4.44. The van der Waals surface area contributed by atoms with E-state index >= 15 is 0 Å². The van der Waals surface area contributed by atoms with Crippen LogP contribution >= 0.6 is 0 Å². The average molecular weight is 267 g/mol. The topological polar surface area (TPSA) is 71.1 Å². The third-order valence-electron chi connectivity index (χ3n) is 3.07. The molecule has 0 spiro atoms. The molecule has 0 heterocycles. The van der Waals surface area contributed by atoms with Crippen molar-refractivity contribution in [1.29, 1.82) is 5.26 Å². The number of nitriles is 1. The Bertz CT molecular complexity index is 615. The van der Waals surface area contributed by atoms with Gasteiger partial charge in [0.2, 0.25) is 0 Å². The zero-order valence-corrected chi connectivity index (χ0v) is 11.4. The molecule has 0 aliphatic heterocycles. The fraction of sp³-hybridized carbons (Fsp3) is 0.188. The minimum atomic E-state index is 0.502. The summed E-state index contributed by atoms with van der Waals surface area (Å²) in [7, 11) is 1.66. The van der Waals surface area contributed by atoms with Gasteiger partial charge in [-0.3, -0.25) is 0 Å². The van der Waals surface area contributed by atoms with Gasteiger partial charge in [0.25, 0.3) is 0 Å². The van der Waals surface area contributed by atoms with E-state index in [0.717, 1.165) is 24.4 Å². The number of anilines is 2. The SMILES string of the molecule is COc1ccc(CCNc2ccc(C#N)c(N)c2)cc1. The number of hydrogen-bond donors (Lipinski definition) is 2. The van der Waals surface area contributed by atoms with E-state index in [-0.39, 0.29) is 0 Å². The van der Waals surface area contributed by atoms with E-state index in [2.05, 4.69) is 11.4 Å². The first-order valence-corrected chi connectivity index (χ1v) is 6.39. The molecule has 2 rings (SSSR count). The summed E-state index contributed by atoms with van der Waals surface area (Å²) in [5, 5.41) is 12.1. The van der Waals surface area contributed by atoms with Crippen molar-refractivity contribution in [2.75, 3.05) is 24.7 Å². The second kappa shape index (κ2) is 6.48. The Morgan fingerprint density at radius 1 is 1.20 bits per heavy atom. The van der Waals surface area contributed by atoms with E-state index in [1.807, 2.05) is 30.3 Å². The first-order chi connectivity index (χ1) is 9.72. The molecule has 0 fully saturated rings. The standard InChI is InChI=1S/C16H17N3O/c1-20-15-6-2-12(3-7-15)8-9-19-14-5-4-13(11-17)16(18)10-14/h2-7,10,19H,8-9,18H2,1H3. The number of benzene rings is 2. The monoisotopic (exact) mass is 267 g/mol. The van der Waals surface area contributed by atoms with Gasteiger partial charge >= 0.3 is 0 Å². The van der Waals surface area contributed by atoms with Crippen molar-refractivity contribution in [3.63, 3.8) is 0 Å². The zero-order valence-electron chi connectivity index (χ0n) is 11.4. The van der Waals surface area contributed by atoms with Crippen molar-refractivity contribution in [1.82, 2.24) is 0 Å². The summed E-state index contributed by atoms with van der Waals surface area (Å²) >= 11 is 0. The fourth-order valence-corrected chi connectivity index (χ4v) is 1.92. The average Bonchev–Trinajstić information content (AvgIpc) is 2.48. The summed E-state index contributed by atoms with van der Waals surface area (Å²) in [6.07, 6.45) is 0.907. The van der Waals surface area contributed by atoms with Crippen LogP contribution < -0.4 is 15.8 Å². The largest absolute Gasteiger partial charge is 0.497 e. The van der Waals surface area contributed by atoms with Crippen LogP contribution in [0.4, 0.5) is 11.4 Å². The normalized spacial score (nSPS) is 9.80. The Kier molecular flexibility index (Phi) is 4.46. The van der Waals surface area contributed by atoms with Gasteiger partial charge in [0.1, 0.15) is 11.8 Å². The molecule has 4 heteroatoms. The summed E-state index contributed by atoms with van der Waals surface area (Å²) < 4.78 is 5.12. The van der Waals surface area contributed by atoms with Crippen LogP contribution in [0.5, 0.6) is 5.75 Å². The van der Waals surface area contributed by atoms with E-state index in [4.69, 9.17) is 15.7 Å². The highest BCUT2D eigenvalue weighted by atomic mass is 16.5. The molecule has 102 valence electrons. The number of hydrogen-bond acceptors (Lipinski definition) is 4. The van der Waals surface area contributed by atoms with Gasteiger partial charge in [-0.05, 0) is 42.3 Å². The number of methoxy groups -OCH3 is 1. The highest BCUT2D eigenvalue weighted by Crippen LogP contribution is 2.17. The Morgan fingerprint density at radius 3 is 2.55 bits per heavy atom. The molecule has 0 bridgehead atoms. The molecular weight excluding hydrogens is 250 g/mol. The summed E-state index contributed by atoms with van der Waals surface area (Å²) in [5.74, 6) is 0.863. The van der Waals surface area contributed by atoms with Gasteiger partial charge in [0.05, 0.1) is 18.4 Å². The number of nitrogens with one attached hydrogen (secondary N) is 1. The van der Waals surface area contributed by atoms with Crippen molar-refractivity contribution in [3.05, 3.63) is 53.6 Å². The number of nitrogens with two attached hydrogens (primary N) is 1. The van der Waals surface area contributed by atoms with Gasteiger partial charge in [-0.25, -0.2) is 0 Å². The van der Waals surface area contributed by atoms with Crippen molar-refractivity contribution in [3.8, 4) is 11.8 Å². The van der Waals surface area contributed by atoms with Crippen LogP contribution in [0.1, 0.15) is 11.1 Å². The Balaban J connectivity index is 1.89. The zero-order chi connectivity index (χ0) is 14.4. The van der Waals surface area contributed by atoms with E-state index < -0.39 is 0 Å². The van der Waals surface area contributed by atoms with E-state index in [9.17, 15) is 0 Å². The predicted octanol–water partition coefficient (Wildman–Crippen LogP) is 2.80. The van der Waals surface area contributed by atoms with Gasteiger partial charge < -0.3 is 15.8 Å². The lowest BCUT2D eigenvalue weighted by Gasteiger charge is -2.08. The van der Waals surface area contributed by atoms with Crippen LogP contribution in [-0.2, 0) is 6.42 Å². The molecule has 0 aliphatic carbocycles. The van der Waals surface area contributed by atoms with Crippen molar-refractivity contribution in [2.45, 2.75) is 6.42 Å². The molecule has 2 aromatic rings. The Morgan fingerprint density at radius 2 is 1.95 bits per heavy atom. The maximum absolute atomic E-state index is 8.82. The Labute approximate surface area is 118 Å². The van der Waals surface area contributed by atoms with Gasteiger partial charge in [-0.2, -0.15) is 5.26 Å². The quantitative estimate of drug-likeness (QED) is 0.817. The summed E-state index contributed by atoms with van der Waals surface area (Å²) in [6.45, 7) is 0.803. The molecule has 0 radical (unpaired) electrons. The molecule has 20 heavy (non-hydrogen) atoms. The number of ether oxygens (including phenoxy) is 1. The van der Waals surface area contributed by atoms with E-state index in [1.165, 1.54) is 5.56 Å². The third-order valence-corrected chi connectivity index (χ3v) is 3.07. The number of rotatable bonds is 5. The molecule has 0 saturated heterocycles. The Hall–Kier alpha value is -2.67. The lowest BCUT2D eigenvalue weighted by molar-refractivity contribution is 0.414. The van der Waals surface area contributed by atoms with Crippen LogP contribution in [-0.4, -0.2) is 13.7 Å². The lowest BCUT2D eigenvalue weighted by Crippen LogP contribution is -2.05. The molecule has 4 nitrogen and oxygen atoms in total. The molecule has 0 saturated carbocycles. The molecular formula is C16H17N3O. The maximum Gasteiger partial charge on any atom is 0.118 e. The molecule has 0 atom stereocenters. The van der Waals surface area contributed by atoms with Crippen LogP contribution in [0.3, 0.4) is 0 Å². The summed E-state index contributed by atoms with van der Waals surface area (Å²) in [4.78, 5) is 0. The predicted molar refractivity (Wildman–Crippen MR) is 80.8 cm³/mol. The maximum atomic E-state index is 8.82. The molecule has 0 aliphatic rings. The fourth-order valence-electron chi connectivity index (χ4n) is 1.92. The van der Waals surface area contributed by atoms with Crippen LogP contribution in [0, 0.1) is 11.3 Å². The lowest BCUT2D eigenvalue weighted by atomic mass is 10.1. The summed E-state index contributed by atoms with van der Waals surface area (Å²) in [6, 6.07) is 15.4. The highest BCUT2D eigenvalue weighted by Gasteiger charge is 2.00. The van der Waals surface area contributed by atoms with Crippen LogP contribution in [0.15, 0.2) is 42.5 Å². The molecule has 2 aromatic carbocycles. The van der Waals surface area contributed by atoms with Crippen LogP contribution in [0.2, 0.25) is 0 Å². The molecule has 3 N–H and O–H groups in total. The smallest absolute Gasteiger partial charge is 0.118 e. The van der Waals surface area contributed by atoms with Gasteiger partial charge in [0, 0.05) is 12.2 Å². The van der Waals surface area contributed by atoms with E-state index in [1.54, 1.807) is 19.2 Å². The molecule has 0 aromatic heterocycles. The first kappa shape index (κ1) is 13.8. The minimum Gasteiger partial charge on any atom is -0.497 e. The second-order valence-corrected chi connectivity index (χ2v) is 4.44. The first-order valence-electron chi connectivity index (χ1n) is 6.39. The molecule has 0 amide bonds. The minimum absolute atomic E-state index is 0.502. The number of nitrogens with zero attached hydrogens (tertiary/aromatic N) is 1. The van der Waals surface area contributed by atoms with Gasteiger partial charge in [0.15, 0.2) is 0 Å². The van der Waals surface area contributed by atoms with Crippen molar-refractivity contribution < 1.29 is 4.74 Å². The third kappa shape index (κ3) is 3.42. The number of nitrogen functional groups attached to an aromatic ring is 1. The highest BCUT2D eigenvalue weighted by molar-refractivity contribution is 5.62. The molecule has 0 unspecified atom stereocenters. The summed E-state index contributed by atoms with van der Waals surface area (Å²) in [5.41, 5.74) is 8.94. The van der Waals surface area contributed by atoms with Crippen molar-refractivity contribution in [2.24, 2.45) is 0 Å². The van der Waals surface area contributed by atoms with Gasteiger partial charge in [-0.15, -0.1) is 0 Å². The van der Waals surface area contributed by atoms with Crippen molar-refractivity contribution >= 4 is 11.4 Å².